The van der Waals surface area contributed by atoms with Crippen LogP contribution in [0.4, 0.5) is 17.6 Å². The molecule has 2 N–H and O–H groups in total. The molecule has 0 aromatic rings. The van der Waals surface area contributed by atoms with Gasteiger partial charge in [-0.05, 0) is 12.5 Å². The van der Waals surface area contributed by atoms with E-state index >= 15 is 0 Å². The van der Waals surface area contributed by atoms with Gasteiger partial charge in [-0.3, -0.25) is 0 Å². The minimum atomic E-state index is -3.86. The van der Waals surface area contributed by atoms with Gasteiger partial charge in [-0.1, -0.05) is 6.92 Å². The van der Waals surface area contributed by atoms with Crippen molar-refractivity contribution in [1.82, 2.24) is 0 Å². The Morgan fingerprint density at radius 3 is 2.17 bits per heavy atom. The smallest absolute Gasteiger partial charge is 0.313 e. The summed E-state index contributed by atoms with van der Waals surface area (Å²) in [6, 6.07) is 0. The first kappa shape index (κ1) is 9.77. The number of nitrogens with two attached hydrogens (primary N) is 1. The standard InChI is InChI=1S/C7H11F4N/c1-4(3-12)5-2-6(8,9)7(5,10)11/h4-5H,2-3,12H2,1H3/t4-,5?/m0/s1. The van der Waals surface area contributed by atoms with Crippen LogP contribution in [0.15, 0.2) is 0 Å². The second-order valence-electron chi connectivity index (χ2n) is 3.35. The Labute approximate surface area is 67.9 Å². The van der Waals surface area contributed by atoms with Crippen LogP contribution in [0.25, 0.3) is 0 Å². The lowest BCUT2D eigenvalue weighted by molar-refractivity contribution is -0.322. The van der Waals surface area contributed by atoms with Crippen LogP contribution in [-0.2, 0) is 0 Å². The summed E-state index contributed by atoms with van der Waals surface area (Å²) >= 11 is 0. The monoisotopic (exact) mass is 185 g/mol. The highest BCUT2D eigenvalue weighted by molar-refractivity contribution is 5.04. The number of rotatable bonds is 2. The summed E-state index contributed by atoms with van der Waals surface area (Å²) in [5.41, 5.74) is 5.11. The van der Waals surface area contributed by atoms with Crippen molar-refractivity contribution in [2.45, 2.75) is 25.2 Å². The van der Waals surface area contributed by atoms with Gasteiger partial charge >= 0.3 is 11.8 Å². The molecular weight excluding hydrogens is 174 g/mol. The van der Waals surface area contributed by atoms with Crippen molar-refractivity contribution in [2.75, 3.05) is 6.54 Å². The molecule has 0 radical (unpaired) electrons. The minimum absolute atomic E-state index is 0.0241. The molecule has 0 amide bonds. The van der Waals surface area contributed by atoms with Gasteiger partial charge in [0, 0.05) is 12.3 Å². The fraction of sp³-hybridized carbons (Fsp3) is 1.00. The van der Waals surface area contributed by atoms with Crippen molar-refractivity contribution in [3.8, 4) is 0 Å². The van der Waals surface area contributed by atoms with Gasteiger partial charge in [0.1, 0.15) is 0 Å². The van der Waals surface area contributed by atoms with Gasteiger partial charge < -0.3 is 5.73 Å². The van der Waals surface area contributed by atoms with E-state index in [0.29, 0.717) is 0 Å². The van der Waals surface area contributed by atoms with Crippen LogP contribution < -0.4 is 5.73 Å². The first-order chi connectivity index (χ1) is 5.33. The van der Waals surface area contributed by atoms with Crippen molar-refractivity contribution in [1.29, 1.82) is 0 Å². The normalized spacial score (nSPS) is 34.0. The van der Waals surface area contributed by atoms with E-state index in [1.165, 1.54) is 6.92 Å². The maximum atomic E-state index is 12.6. The Balaban J connectivity index is 2.65. The zero-order valence-corrected chi connectivity index (χ0v) is 6.66. The summed E-state index contributed by atoms with van der Waals surface area (Å²) in [6.45, 7) is 1.49. The summed E-state index contributed by atoms with van der Waals surface area (Å²) in [5.74, 6) is -9.47. The van der Waals surface area contributed by atoms with Gasteiger partial charge in [-0.15, -0.1) is 0 Å². The molecule has 0 aromatic carbocycles. The molecule has 0 spiro atoms. The highest BCUT2D eigenvalue weighted by Gasteiger charge is 2.72. The molecule has 1 aliphatic carbocycles. The molecule has 1 unspecified atom stereocenters. The fourth-order valence-corrected chi connectivity index (χ4v) is 1.40. The number of alkyl halides is 4. The Hall–Kier alpha value is -0.320. The third-order valence-electron chi connectivity index (χ3n) is 2.49. The van der Waals surface area contributed by atoms with Crippen molar-refractivity contribution >= 4 is 0 Å². The molecule has 2 atom stereocenters. The zero-order valence-electron chi connectivity index (χ0n) is 6.66. The van der Waals surface area contributed by atoms with Gasteiger partial charge in [0.05, 0.1) is 0 Å². The molecule has 0 aromatic heterocycles. The number of hydrogen-bond acceptors (Lipinski definition) is 1. The van der Waals surface area contributed by atoms with Gasteiger partial charge in [0.2, 0.25) is 0 Å². The van der Waals surface area contributed by atoms with Crippen LogP contribution >= 0.6 is 0 Å². The van der Waals surface area contributed by atoms with E-state index in [4.69, 9.17) is 5.73 Å². The van der Waals surface area contributed by atoms with E-state index < -0.39 is 30.1 Å². The molecule has 0 heterocycles. The van der Waals surface area contributed by atoms with Crippen LogP contribution in [0.3, 0.4) is 0 Å². The Morgan fingerprint density at radius 1 is 1.42 bits per heavy atom. The molecule has 0 aliphatic heterocycles. The molecule has 72 valence electrons. The quantitative estimate of drug-likeness (QED) is 0.653. The lowest BCUT2D eigenvalue weighted by Crippen LogP contribution is -2.61. The maximum absolute atomic E-state index is 12.6. The lowest BCUT2D eigenvalue weighted by Gasteiger charge is -2.46. The van der Waals surface area contributed by atoms with Crippen LogP contribution in [0, 0.1) is 11.8 Å². The molecule has 1 aliphatic rings. The second-order valence-corrected chi connectivity index (χ2v) is 3.35. The summed E-state index contributed by atoms with van der Waals surface area (Å²) in [6.07, 6.45) is -0.738. The highest BCUT2D eigenvalue weighted by atomic mass is 19.3. The summed E-state index contributed by atoms with van der Waals surface area (Å²) in [5, 5.41) is 0. The first-order valence-corrected chi connectivity index (χ1v) is 3.78. The van der Waals surface area contributed by atoms with Crippen LogP contribution in [0.5, 0.6) is 0 Å². The molecule has 1 saturated carbocycles. The fourth-order valence-electron chi connectivity index (χ4n) is 1.40. The molecule has 1 fully saturated rings. The average molecular weight is 185 g/mol. The number of halogens is 4. The minimum Gasteiger partial charge on any atom is -0.330 e. The van der Waals surface area contributed by atoms with E-state index in [-0.39, 0.29) is 6.54 Å². The van der Waals surface area contributed by atoms with Crippen molar-refractivity contribution in [3.63, 3.8) is 0 Å². The van der Waals surface area contributed by atoms with Crippen LogP contribution in [0.2, 0.25) is 0 Å². The average Bonchev–Trinajstić information content (AvgIpc) is 1.99. The summed E-state index contributed by atoms with van der Waals surface area (Å²) in [7, 11) is 0. The molecule has 1 rings (SSSR count). The van der Waals surface area contributed by atoms with Gasteiger partial charge in [0.25, 0.3) is 0 Å². The zero-order chi connectivity index (χ0) is 9.57. The molecule has 0 saturated heterocycles. The van der Waals surface area contributed by atoms with E-state index in [2.05, 4.69) is 0 Å². The SMILES string of the molecule is C[C@@H](CN)C1CC(F)(F)C1(F)F. The maximum Gasteiger partial charge on any atom is 0.313 e. The van der Waals surface area contributed by atoms with Crippen molar-refractivity contribution in [2.24, 2.45) is 17.6 Å². The van der Waals surface area contributed by atoms with Crippen molar-refractivity contribution < 1.29 is 17.6 Å². The summed E-state index contributed by atoms with van der Waals surface area (Å²) < 4.78 is 49.8. The van der Waals surface area contributed by atoms with Gasteiger partial charge in [0.15, 0.2) is 0 Å². The third kappa shape index (κ3) is 1.11. The predicted molar refractivity (Wildman–Crippen MR) is 36.2 cm³/mol. The summed E-state index contributed by atoms with van der Waals surface area (Å²) in [4.78, 5) is 0. The topological polar surface area (TPSA) is 26.0 Å². The molecule has 1 nitrogen and oxygen atoms in total. The molecule has 12 heavy (non-hydrogen) atoms. The highest BCUT2D eigenvalue weighted by Crippen LogP contribution is 2.57. The van der Waals surface area contributed by atoms with E-state index in [1.54, 1.807) is 0 Å². The van der Waals surface area contributed by atoms with Crippen molar-refractivity contribution in [3.05, 3.63) is 0 Å². The van der Waals surface area contributed by atoms with E-state index in [0.717, 1.165) is 0 Å². The Morgan fingerprint density at radius 2 is 1.92 bits per heavy atom. The number of hydrogen-bond donors (Lipinski definition) is 1. The second kappa shape index (κ2) is 2.58. The van der Waals surface area contributed by atoms with Gasteiger partial charge in [-0.2, -0.15) is 17.6 Å². The lowest BCUT2D eigenvalue weighted by atomic mass is 9.70. The predicted octanol–water partition coefficient (Wildman–Crippen LogP) is 1.87. The molecular formula is C7H11F4N. The first-order valence-electron chi connectivity index (χ1n) is 3.78. The molecule has 0 bridgehead atoms. The molecule has 5 heteroatoms. The van der Waals surface area contributed by atoms with Crippen LogP contribution in [-0.4, -0.2) is 18.4 Å². The largest absolute Gasteiger partial charge is 0.330 e. The van der Waals surface area contributed by atoms with E-state index in [1.807, 2.05) is 0 Å². The Kier molecular flexibility index (Phi) is 2.10. The van der Waals surface area contributed by atoms with Crippen LogP contribution in [0.1, 0.15) is 13.3 Å². The Bertz CT molecular complexity index is 180. The third-order valence-corrected chi connectivity index (χ3v) is 2.49. The van der Waals surface area contributed by atoms with E-state index in [9.17, 15) is 17.6 Å². The van der Waals surface area contributed by atoms with Gasteiger partial charge in [-0.25, -0.2) is 0 Å².